The van der Waals surface area contributed by atoms with E-state index in [1.165, 1.54) is 18.9 Å². The van der Waals surface area contributed by atoms with Gasteiger partial charge >= 0.3 is 0 Å². The van der Waals surface area contributed by atoms with Crippen molar-refractivity contribution in [3.8, 4) is 5.75 Å². The summed E-state index contributed by atoms with van der Waals surface area (Å²) in [6.45, 7) is 8.30. The number of ketones is 3. The highest BCUT2D eigenvalue weighted by Crippen LogP contribution is 2.65. The van der Waals surface area contributed by atoms with E-state index in [-0.39, 0.29) is 35.0 Å². The zero-order chi connectivity index (χ0) is 27.9. The average Bonchev–Trinajstić information content (AvgIpc) is 3.31. The minimum atomic E-state index is -2.58. The Balaban J connectivity index is 1.75. The third kappa shape index (κ3) is 3.33. The molecule has 1 saturated carbocycles. The molecule has 4 atom stereocenters. The molecule has 1 aromatic rings. The lowest BCUT2D eigenvalue weighted by Crippen LogP contribution is -2.67. The lowest BCUT2D eigenvalue weighted by molar-refractivity contribution is -0.171. The van der Waals surface area contributed by atoms with Gasteiger partial charge < -0.3 is 20.4 Å². The molecule has 0 spiro atoms. The Kier molecular flexibility index (Phi) is 5.99. The van der Waals surface area contributed by atoms with E-state index in [1.54, 1.807) is 6.92 Å². The first-order valence-electron chi connectivity index (χ1n) is 13.7. The number of allylic oxidation sites excluding steroid dienone is 2. The summed E-state index contributed by atoms with van der Waals surface area (Å²) in [4.78, 5) is 40.3. The number of benzene rings is 1. The van der Waals surface area contributed by atoms with Gasteiger partial charge in [-0.25, -0.2) is 0 Å². The number of aromatic hydroxyl groups is 1. The van der Waals surface area contributed by atoms with Crippen molar-refractivity contribution < 1.29 is 34.8 Å². The molecule has 0 amide bonds. The van der Waals surface area contributed by atoms with Crippen LogP contribution in [0.1, 0.15) is 88.2 Å². The summed E-state index contributed by atoms with van der Waals surface area (Å²) < 4.78 is 0. The molecule has 1 unspecified atom stereocenters. The van der Waals surface area contributed by atoms with Gasteiger partial charge in [0.05, 0.1) is 5.56 Å². The van der Waals surface area contributed by atoms with Crippen LogP contribution in [-0.4, -0.2) is 43.4 Å². The van der Waals surface area contributed by atoms with Gasteiger partial charge in [0.25, 0.3) is 0 Å². The fraction of sp³-hybridized carbons (Fsp3) is 0.581. The van der Waals surface area contributed by atoms with Crippen LogP contribution in [0.2, 0.25) is 0 Å². The number of Topliss-reactive ketones (excluding diaryl/α,β-unsaturated/α-hetero) is 3. The molecule has 5 rings (SSSR count). The van der Waals surface area contributed by atoms with E-state index in [2.05, 4.69) is 0 Å². The zero-order valence-electron chi connectivity index (χ0n) is 22.9. The Morgan fingerprint density at radius 2 is 1.71 bits per heavy atom. The van der Waals surface area contributed by atoms with E-state index in [1.807, 2.05) is 26.8 Å². The normalized spacial score (nSPS) is 33.5. The second-order valence-electron chi connectivity index (χ2n) is 12.9. The lowest BCUT2D eigenvalue weighted by atomic mass is 9.44. The van der Waals surface area contributed by atoms with Crippen LogP contribution in [0.3, 0.4) is 0 Å². The van der Waals surface area contributed by atoms with E-state index in [0.717, 1.165) is 37.3 Å². The Bertz CT molecular complexity index is 1330. The number of rotatable bonds is 4. The topological polar surface area (TPSA) is 132 Å². The van der Waals surface area contributed by atoms with Gasteiger partial charge in [-0.15, -0.1) is 0 Å². The van der Waals surface area contributed by atoms with Gasteiger partial charge in [0.15, 0.2) is 17.2 Å². The highest BCUT2D eigenvalue weighted by atomic mass is 16.3. The summed E-state index contributed by atoms with van der Waals surface area (Å²) in [5.41, 5.74) is -3.72. The second-order valence-corrected chi connectivity index (χ2v) is 12.9. The van der Waals surface area contributed by atoms with E-state index in [9.17, 15) is 34.8 Å². The molecule has 0 saturated heterocycles. The van der Waals surface area contributed by atoms with Gasteiger partial charge in [-0.1, -0.05) is 59.4 Å². The maximum atomic E-state index is 14.1. The van der Waals surface area contributed by atoms with Crippen LogP contribution in [-0.2, 0) is 22.4 Å². The van der Waals surface area contributed by atoms with Crippen molar-refractivity contribution in [2.45, 2.75) is 85.2 Å². The maximum Gasteiger partial charge on any atom is 0.209 e. The first kappa shape index (κ1) is 26.7. The highest BCUT2D eigenvalue weighted by Gasteiger charge is 2.71. The second kappa shape index (κ2) is 8.54. The predicted molar refractivity (Wildman–Crippen MR) is 141 cm³/mol. The van der Waals surface area contributed by atoms with Crippen molar-refractivity contribution in [1.29, 1.82) is 0 Å². The van der Waals surface area contributed by atoms with Crippen molar-refractivity contribution in [3.05, 3.63) is 51.5 Å². The minimum absolute atomic E-state index is 0.0987. The number of hydrogen-bond acceptors (Lipinski definition) is 7. The number of aliphatic hydroxyl groups is 3. The standard InChI is InChI=1S/C31H38O7/c1-15(2)23-25(34)21(16(3)32)27(36)31(38)28(37)24-26(35)22-19(13-29(24,4)14-30(23,31)5)18(10-11-20(22)33)12-17-8-6-7-9-17/h10-11,15,17,23,33-34,37-38H,6-9,12-14H2,1-5H3/t23?,29-,30-,31+/m1/s1. The van der Waals surface area contributed by atoms with Gasteiger partial charge in [-0.3, -0.25) is 14.4 Å². The van der Waals surface area contributed by atoms with Crippen LogP contribution in [0.4, 0.5) is 0 Å². The SMILES string of the molecule is CC(=O)C1=C(O)C(C(C)C)[C@@]2(C)C[C@@]3(C)Cc4c(CC5CCCC5)ccc(O)c4C(=O)C3=C(O)[C@@]2(O)C1=O. The van der Waals surface area contributed by atoms with Gasteiger partial charge in [0, 0.05) is 22.3 Å². The highest BCUT2D eigenvalue weighted by molar-refractivity contribution is 6.25. The van der Waals surface area contributed by atoms with Crippen LogP contribution in [0.15, 0.2) is 34.8 Å². The minimum Gasteiger partial charge on any atom is -0.511 e. The summed E-state index contributed by atoms with van der Waals surface area (Å²) in [6, 6.07) is 3.39. The molecule has 0 heterocycles. The van der Waals surface area contributed by atoms with E-state index >= 15 is 0 Å². The lowest BCUT2D eigenvalue weighted by Gasteiger charge is -2.59. The molecule has 1 fully saturated rings. The number of phenolic OH excluding ortho intramolecular Hbond substituents is 1. The first-order chi connectivity index (χ1) is 17.7. The average molecular weight is 523 g/mol. The van der Waals surface area contributed by atoms with Crippen molar-refractivity contribution in [2.24, 2.45) is 28.6 Å². The molecule has 38 heavy (non-hydrogen) atoms. The number of carbonyl (C=O) groups excluding carboxylic acids is 3. The molecule has 4 aliphatic rings. The van der Waals surface area contributed by atoms with E-state index < -0.39 is 51.0 Å². The first-order valence-corrected chi connectivity index (χ1v) is 13.7. The molecule has 0 radical (unpaired) electrons. The summed E-state index contributed by atoms with van der Waals surface area (Å²) >= 11 is 0. The van der Waals surface area contributed by atoms with Crippen LogP contribution in [0.5, 0.6) is 5.75 Å². The van der Waals surface area contributed by atoms with Crippen molar-refractivity contribution >= 4 is 17.3 Å². The summed E-state index contributed by atoms with van der Waals surface area (Å²) in [6.07, 6.45) is 5.87. The molecular weight excluding hydrogens is 484 g/mol. The summed E-state index contributed by atoms with van der Waals surface area (Å²) in [5, 5.41) is 45.8. The third-order valence-corrected chi connectivity index (χ3v) is 9.97. The van der Waals surface area contributed by atoms with Crippen LogP contribution < -0.4 is 0 Å². The Morgan fingerprint density at radius 1 is 1.08 bits per heavy atom. The number of hydrogen-bond donors (Lipinski definition) is 4. The van der Waals surface area contributed by atoms with E-state index in [4.69, 9.17) is 0 Å². The van der Waals surface area contributed by atoms with Crippen molar-refractivity contribution in [1.82, 2.24) is 0 Å². The molecule has 7 heteroatoms. The fourth-order valence-electron chi connectivity index (χ4n) is 8.51. The van der Waals surface area contributed by atoms with Crippen molar-refractivity contribution in [3.63, 3.8) is 0 Å². The summed E-state index contributed by atoms with van der Waals surface area (Å²) in [5.74, 6) is -4.34. The molecule has 1 aromatic carbocycles. The Labute approximate surface area is 223 Å². The molecule has 204 valence electrons. The monoisotopic (exact) mass is 522 g/mol. The maximum absolute atomic E-state index is 14.1. The molecule has 4 aliphatic carbocycles. The molecule has 0 bridgehead atoms. The molecule has 0 aromatic heterocycles. The van der Waals surface area contributed by atoms with Crippen LogP contribution in [0.25, 0.3) is 0 Å². The largest absolute Gasteiger partial charge is 0.511 e. The third-order valence-electron chi connectivity index (χ3n) is 9.97. The summed E-state index contributed by atoms with van der Waals surface area (Å²) in [7, 11) is 0. The van der Waals surface area contributed by atoms with Gasteiger partial charge in [0.2, 0.25) is 5.78 Å². The molecule has 0 aliphatic heterocycles. The van der Waals surface area contributed by atoms with Gasteiger partial charge in [-0.05, 0) is 55.2 Å². The van der Waals surface area contributed by atoms with Gasteiger partial charge in [-0.2, -0.15) is 0 Å². The fourth-order valence-corrected chi connectivity index (χ4v) is 8.51. The quantitative estimate of drug-likeness (QED) is 0.406. The smallest absolute Gasteiger partial charge is 0.209 e. The van der Waals surface area contributed by atoms with E-state index in [0.29, 0.717) is 12.3 Å². The predicted octanol–water partition coefficient (Wildman–Crippen LogP) is 5.08. The van der Waals surface area contributed by atoms with Crippen LogP contribution in [0, 0.1) is 28.6 Å². The molecule has 4 N–H and O–H groups in total. The number of phenols is 1. The Morgan fingerprint density at radius 3 is 2.29 bits per heavy atom. The zero-order valence-corrected chi connectivity index (χ0v) is 22.9. The van der Waals surface area contributed by atoms with Gasteiger partial charge in [0.1, 0.15) is 22.8 Å². The number of aliphatic hydroxyl groups excluding tert-OH is 2. The Hall–Kier alpha value is -2.93. The van der Waals surface area contributed by atoms with Crippen LogP contribution >= 0.6 is 0 Å². The molecule has 7 nitrogen and oxygen atoms in total. The molecular formula is C31H38O7. The van der Waals surface area contributed by atoms with Crippen molar-refractivity contribution in [2.75, 3.05) is 0 Å². The number of carbonyl (C=O) groups is 3. The number of fused-ring (bicyclic) bond motifs is 3.